The zero-order valence-corrected chi connectivity index (χ0v) is 13.9. The molecular weight excluding hydrogens is 312 g/mol. The molecule has 0 aliphatic heterocycles. The van der Waals surface area contributed by atoms with Crippen LogP contribution in [-0.2, 0) is 13.0 Å². The molecule has 1 aliphatic carbocycles. The summed E-state index contributed by atoms with van der Waals surface area (Å²) >= 11 is 0. The molecule has 0 saturated heterocycles. The lowest BCUT2D eigenvalue weighted by molar-refractivity contribution is 0.104. The van der Waals surface area contributed by atoms with Gasteiger partial charge in [-0.3, -0.25) is 9.89 Å². The standard InChI is InChI=1S/C21H18N2O2/c1-13-2-7-19-16(8-13)9-17(21(19)25)10-18-11-20(23-22-18)15-5-3-14(12-24)4-6-15/h2-8,10-11,24H,9,12H2,1H3,(H,22,23)/b17-10+. The highest BCUT2D eigenvalue weighted by atomic mass is 16.3. The molecule has 3 aromatic rings. The third kappa shape index (κ3) is 2.92. The number of aliphatic hydroxyl groups is 1. The molecule has 1 aliphatic rings. The number of nitrogens with one attached hydrogen (secondary N) is 1. The van der Waals surface area contributed by atoms with Crippen molar-refractivity contribution in [3.8, 4) is 11.3 Å². The average Bonchev–Trinajstić information content (AvgIpc) is 3.20. The van der Waals surface area contributed by atoms with Gasteiger partial charge in [0.2, 0.25) is 0 Å². The molecule has 0 bridgehead atoms. The van der Waals surface area contributed by atoms with E-state index in [0.717, 1.165) is 39.2 Å². The number of aliphatic hydroxyl groups excluding tert-OH is 1. The fraction of sp³-hybridized carbons (Fsp3) is 0.143. The number of hydrogen-bond acceptors (Lipinski definition) is 3. The maximum Gasteiger partial charge on any atom is 0.189 e. The van der Waals surface area contributed by atoms with E-state index in [1.54, 1.807) is 0 Å². The van der Waals surface area contributed by atoms with Gasteiger partial charge in [-0.15, -0.1) is 0 Å². The van der Waals surface area contributed by atoms with Gasteiger partial charge in [0.1, 0.15) is 0 Å². The van der Waals surface area contributed by atoms with Gasteiger partial charge >= 0.3 is 0 Å². The Morgan fingerprint density at radius 1 is 1.16 bits per heavy atom. The molecule has 1 heterocycles. The zero-order chi connectivity index (χ0) is 17.4. The minimum Gasteiger partial charge on any atom is -0.392 e. The number of Topliss-reactive ketones (excluding diaryl/α,β-unsaturated/α-hetero) is 1. The molecular formula is C21H18N2O2. The zero-order valence-electron chi connectivity index (χ0n) is 13.9. The third-order valence-electron chi connectivity index (χ3n) is 4.54. The number of carbonyl (C=O) groups is 1. The van der Waals surface area contributed by atoms with Gasteiger partial charge in [-0.05, 0) is 30.2 Å². The van der Waals surface area contributed by atoms with E-state index in [9.17, 15) is 4.79 Å². The van der Waals surface area contributed by atoms with Crippen LogP contribution >= 0.6 is 0 Å². The Morgan fingerprint density at radius 3 is 2.72 bits per heavy atom. The fourth-order valence-corrected chi connectivity index (χ4v) is 3.19. The van der Waals surface area contributed by atoms with E-state index in [1.807, 2.05) is 55.5 Å². The number of aryl methyl sites for hydroxylation is 1. The number of allylic oxidation sites excluding steroid dienone is 1. The molecule has 4 nitrogen and oxygen atoms in total. The number of nitrogens with zero attached hydrogens (tertiary/aromatic N) is 1. The van der Waals surface area contributed by atoms with Crippen LogP contribution in [0.1, 0.15) is 32.7 Å². The van der Waals surface area contributed by atoms with Gasteiger partial charge in [0, 0.05) is 23.1 Å². The molecule has 2 aromatic carbocycles. The monoisotopic (exact) mass is 330 g/mol. The fourth-order valence-electron chi connectivity index (χ4n) is 3.19. The van der Waals surface area contributed by atoms with E-state index in [-0.39, 0.29) is 12.4 Å². The van der Waals surface area contributed by atoms with Gasteiger partial charge < -0.3 is 5.11 Å². The van der Waals surface area contributed by atoms with Gasteiger partial charge in [0.05, 0.1) is 18.0 Å². The van der Waals surface area contributed by atoms with E-state index in [4.69, 9.17) is 5.11 Å². The van der Waals surface area contributed by atoms with Gasteiger partial charge in [-0.2, -0.15) is 5.10 Å². The number of hydrogen-bond donors (Lipinski definition) is 2. The smallest absolute Gasteiger partial charge is 0.189 e. The van der Waals surface area contributed by atoms with Crippen molar-refractivity contribution in [1.82, 2.24) is 10.2 Å². The summed E-state index contributed by atoms with van der Waals surface area (Å²) in [5.74, 6) is 0.0958. The maximum atomic E-state index is 12.5. The average molecular weight is 330 g/mol. The van der Waals surface area contributed by atoms with E-state index in [1.165, 1.54) is 5.56 Å². The van der Waals surface area contributed by atoms with Crippen LogP contribution in [0.2, 0.25) is 0 Å². The summed E-state index contributed by atoms with van der Waals surface area (Å²) in [7, 11) is 0. The van der Waals surface area contributed by atoms with E-state index < -0.39 is 0 Å². The lowest BCUT2D eigenvalue weighted by atomic mass is 10.1. The minimum absolute atomic E-state index is 0.0281. The van der Waals surface area contributed by atoms with Crippen LogP contribution in [0.4, 0.5) is 0 Å². The molecule has 0 atom stereocenters. The Labute approximate surface area is 145 Å². The molecule has 124 valence electrons. The summed E-state index contributed by atoms with van der Waals surface area (Å²) in [6, 6.07) is 15.5. The van der Waals surface area contributed by atoms with Crippen LogP contribution in [0, 0.1) is 6.92 Å². The van der Waals surface area contributed by atoms with Gasteiger partial charge in [-0.25, -0.2) is 0 Å². The summed E-state index contributed by atoms with van der Waals surface area (Å²) in [4.78, 5) is 12.5. The van der Waals surface area contributed by atoms with Crippen molar-refractivity contribution in [2.24, 2.45) is 0 Å². The van der Waals surface area contributed by atoms with Crippen molar-refractivity contribution in [2.45, 2.75) is 20.0 Å². The second-order valence-corrected chi connectivity index (χ2v) is 6.40. The maximum absolute atomic E-state index is 12.5. The molecule has 0 unspecified atom stereocenters. The van der Waals surface area contributed by atoms with Crippen molar-refractivity contribution in [2.75, 3.05) is 0 Å². The van der Waals surface area contributed by atoms with Crippen LogP contribution in [0.25, 0.3) is 17.3 Å². The Bertz CT molecular complexity index is 981. The SMILES string of the molecule is Cc1ccc2c(c1)C/C(=C\c1cc(-c3ccc(CO)cc3)n[nH]1)C2=O. The lowest BCUT2D eigenvalue weighted by Crippen LogP contribution is -1.95. The molecule has 4 rings (SSSR count). The molecule has 0 saturated carbocycles. The first-order chi connectivity index (χ1) is 12.1. The van der Waals surface area contributed by atoms with E-state index in [2.05, 4.69) is 16.3 Å². The number of aromatic amines is 1. The van der Waals surface area contributed by atoms with Gasteiger partial charge in [0.15, 0.2) is 5.78 Å². The lowest BCUT2D eigenvalue weighted by Gasteiger charge is -1.98. The van der Waals surface area contributed by atoms with Crippen molar-refractivity contribution in [1.29, 1.82) is 0 Å². The summed E-state index contributed by atoms with van der Waals surface area (Å²) in [6.07, 6.45) is 2.55. The van der Waals surface area contributed by atoms with Crippen LogP contribution < -0.4 is 0 Å². The second kappa shape index (κ2) is 6.15. The first kappa shape index (κ1) is 15.5. The molecule has 0 radical (unpaired) electrons. The van der Waals surface area contributed by atoms with Gasteiger partial charge in [-0.1, -0.05) is 48.0 Å². The third-order valence-corrected chi connectivity index (χ3v) is 4.54. The van der Waals surface area contributed by atoms with Crippen LogP contribution in [0.5, 0.6) is 0 Å². The Kier molecular flexibility index (Phi) is 3.82. The first-order valence-electron chi connectivity index (χ1n) is 8.24. The summed E-state index contributed by atoms with van der Waals surface area (Å²) in [6.45, 7) is 2.07. The van der Waals surface area contributed by atoms with E-state index >= 15 is 0 Å². The minimum atomic E-state index is 0.0281. The molecule has 2 N–H and O–H groups in total. The number of carbonyl (C=O) groups excluding carboxylic acids is 1. The molecule has 0 spiro atoms. The van der Waals surface area contributed by atoms with Crippen molar-refractivity contribution >= 4 is 11.9 Å². The molecule has 0 amide bonds. The van der Waals surface area contributed by atoms with Crippen LogP contribution in [-0.4, -0.2) is 21.1 Å². The second-order valence-electron chi connectivity index (χ2n) is 6.40. The molecule has 0 fully saturated rings. The normalized spacial score (nSPS) is 15.0. The molecule has 4 heteroatoms. The number of fused-ring (bicyclic) bond motifs is 1. The number of H-pyrrole nitrogens is 1. The van der Waals surface area contributed by atoms with E-state index in [0.29, 0.717) is 6.42 Å². The molecule has 25 heavy (non-hydrogen) atoms. The topological polar surface area (TPSA) is 66.0 Å². The summed E-state index contributed by atoms with van der Waals surface area (Å²) in [5.41, 5.74) is 7.31. The van der Waals surface area contributed by atoms with Crippen molar-refractivity contribution in [3.63, 3.8) is 0 Å². The highest BCUT2D eigenvalue weighted by molar-refractivity contribution is 6.15. The van der Waals surface area contributed by atoms with Crippen LogP contribution in [0.3, 0.4) is 0 Å². The molecule has 1 aromatic heterocycles. The highest BCUT2D eigenvalue weighted by Gasteiger charge is 2.24. The quantitative estimate of drug-likeness (QED) is 0.720. The number of rotatable bonds is 3. The number of ketones is 1. The summed E-state index contributed by atoms with van der Waals surface area (Å²) in [5, 5.41) is 16.4. The largest absolute Gasteiger partial charge is 0.392 e. The first-order valence-corrected chi connectivity index (χ1v) is 8.24. The van der Waals surface area contributed by atoms with Gasteiger partial charge in [0.25, 0.3) is 0 Å². The predicted octanol–water partition coefficient (Wildman–Crippen LogP) is 3.70. The summed E-state index contributed by atoms with van der Waals surface area (Å²) < 4.78 is 0. The number of benzene rings is 2. The van der Waals surface area contributed by atoms with Crippen LogP contribution in [0.15, 0.2) is 54.1 Å². The van der Waals surface area contributed by atoms with Crippen molar-refractivity contribution < 1.29 is 9.90 Å². The Morgan fingerprint density at radius 2 is 1.96 bits per heavy atom. The predicted molar refractivity (Wildman–Crippen MR) is 97.1 cm³/mol. The highest BCUT2D eigenvalue weighted by Crippen LogP contribution is 2.29. The van der Waals surface area contributed by atoms with Crippen molar-refractivity contribution in [3.05, 3.63) is 82.1 Å². The number of aromatic nitrogens is 2. The Hall–Kier alpha value is -2.98. The Balaban J connectivity index is 1.61.